The summed E-state index contributed by atoms with van der Waals surface area (Å²) >= 11 is 0. The van der Waals surface area contributed by atoms with Crippen LogP contribution in [0.25, 0.3) is 0 Å². The van der Waals surface area contributed by atoms with E-state index in [1.165, 1.54) is 13.5 Å². The third kappa shape index (κ3) is 2.30. The van der Waals surface area contributed by atoms with Crippen molar-refractivity contribution in [3.8, 4) is 0 Å². The second-order valence-electron chi connectivity index (χ2n) is 10.4. The molecule has 0 saturated heterocycles. The van der Waals surface area contributed by atoms with Crippen molar-refractivity contribution in [1.29, 1.82) is 0 Å². The molecule has 0 bridgehead atoms. The number of Topliss-reactive ketones (excluding diaryl/α,β-unsaturated/α-hetero) is 1. The van der Waals surface area contributed by atoms with Crippen LogP contribution in [0.3, 0.4) is 0 Å². The fourth-order valence-corrected chi connectivity index (χ4v) is 7.73. The molecule has 8 unspecified atom stereocenters. The number of methoxy groups -OCH3 is 1. The molecular weight excluding hydrogens is 328 g/mol. The van der Waals surface area contributed by atoms with E-state index in [4.69, 9.17) is 4.74 Å². The van der Waals surface area contributed by atoms with Gasteiger partial charge in [-0.3, -0.25) is 9.59 Å². The fourth-order valence-electron chi connectivity index (χ4n) is 7.73. The van der Waals surface area contributed by atoms with Crippen LogP contribution in [0, 0.1) is 40.4 Å². The molecule has 4 fully saturated rings. The first-order valence-corrected chi connectivity index (χ1v) is 10.5. The van der Waals surface area contributed by atoms with Crippen LogP contribution in [0.15, 0.2) is 0 Å². The predicted molar refractivity (Wildman–Crippen MR) is 98.2 cm³/mol. The minimum absolute atomic E-state index is 0.0175. The van der Waals surface area contributed by atoms with Gasteiger partial charge in [-0.05, 0) is 86.4 Å². The van der Waals surface area contributed by atoms with Crippen LogP contribution < -0.4 is 0 Å². The lowest BCUT2D eigenvalue weighted by Crippen LogP contribution is -2.57. The van der Waals surface area contributed by atoms with E-state index < -0.39 is 11.5 Å². The average Bonchev–Trinajstić information content (AvgIpc) is 2.84. The van der Waals surface area contributed by atoms with E-state index in [2.05, 4.69) is 13.8 Å². The highest BCUT2D eigenvalue weighted by atomic mass is 16.5. The van der Waals surface area contributed by atoms with Gasteiger partial charge in [0.2, 0.25) is 0 Å². The Labute approximate surface area is 157 Å². The molecule has 4 saturated carbocycles. The maximum atomic E-state index is 12.5. The molecule has 8 atom stereocenters. The first-order chi connectivity index (χ1) is 12.1. The molecule has 0 aliphatic heterocycles. The Hall–Kier alpha value is -0.900. The van der Waals surface area contributed by atoms with E-state index in [1.54, 1.807) is 0 Å². The van der Waals surface area contributed by atoms with Gasteiger partial charge in [0.05, 0.1) is 12.7 Å². The van der Waals surface area contributed by atoms with Crippen LogP contribution in [-0.4, -0.2) is 29.6 Å². The standard InChI is InChI=1S/C22H34O4/c1-20-12-15(19(24)26-4)18(23)11-13(20)5-6-14-16(20)7-9-21(2)17(14)8-10-22(21,3)25/h13-17,25H,5-12H2,1-4H3. The number of aliphatic hydroxyl groups is 1. The molecule has 4 aliphatic carbocycles. The van der Waals surface area contributed by atoms with Crippen LogP contribution in [0.1, 0.15) is 72.1 Å². The summed E-state index contributed by atoms with van der Waals surface area (Å²) in [6, 6.07) is 0. The monoisotopic (exact) mass is 362 g/mol. The zero-order valence-electron chi connectivity index (χ0n) is 16.7. The molecule has 4 aliphatic rings. The molecule has 0 amide bonds. The Morgan fingerprint density at radius 3 is 2.46 bits per heavy atom. The lowest BCUT2D eigenvalue weighted by atomic mass is 9.43. The minimum Gasteiger partial charge on any atom is -0.468 e. The molecule has 4 nitrogen and oxygen atoms in total. The highest BCUT2D eigenvalue weighted by Gasteiger charge is 2.64. The fraction of sp³-hybridized carbons (Fsp3) is 0.909. The van der Waals surface area contributed by atoms with Gasteiger partial charge >= 0.3 is 5.97 Å². The highest BCUT2D eigenvalue weighted by molar-refractivity contribution is 5.99. The molecule has 0 aromatic carbocycles. The third-order valence-corrected chi connectivity index (χ3v) is 9.59. The summed E-state index contributed by atoms with van der Waals surface area (Å²) in [5.41, 5.74) is -0.494. The van der Waals surface area contributed by atoms with E-state index in [0.29, 0.717) is 36.5 Å². The van der Waals surface area contributed by atoms with Crippen molar-refractivity contribution in [3.63, 3.8) is 0 Å². The second kappa shape index (κ2) is 5.80. The number of carbonyl (C=O) groups excluding carboxylic acids is 2. The lowest BCUT2D eigenvalue weighted by Gasteiger charge is -2.61. The molecule has 0 heterocycles. The summed E-state index contributed by atoms with van der Waals surface area (Å²) in [7, 11) is 1.39. The molecule has 4 heteroatoms. The van der Waals surface area contributed by atoms with Crippen molar-refractivity contribution in [1.82, 2.24) is 0 Å². The summed E-state index contributed by atoms with van der Waals surface area (Å²) < 4.78 is 4.94. The van der Waals surface area contributed by atoms with Crippen molar-refractivity contribution >= 4 is 11.8 Å². The van der Waals surface area contributed by atoms with E-state index in [1.807, 2.05) is 6.92 Å². The Bertz CT molecular complexity index is 626. The zero-order chi connectivity index (χ0) is 18.9. The second-order valence-corrected chi connectivity index (χ2v) is 10.4. The Morgan fingerprint density at radius 2 is 1.77 bits per heavy atom. The Morgan fingerprint density at radius 1 is 1.08 bits per heavy atom. The third-order valence-electron chi connectivity index (χ3n) is 9.59. The summed E-state index contributed by atoms with van der Waals surface area (Å²) in [6.07, 6.45) is 7.66. The van der Waals surface area contributed by atoms with E-state index >= 15 is 0 Å². The average molecular weight is 363 g/mol. The Kier molecular flexibility index (Phi) is 4.12. The summed E-state index contributed by atoms with van der Waals surface area (Å²) in [5, 5.41) is 11.0. The van der Waals surface area contributed by atoms with Gasteiger partial charge in [-0.25, -0.2) is 0 Å². The van der Waals surface area contributed by atoms with Crippen molar-refractivity contribution in [3.05, 3.63) is 0 Å². The highest BCUT2D eigenvalue weighted by Crippen LogP contribution is 2.68. The maximum Gasteiger partial charge on any atom is 0.316 e. The van der Waals surface area contributed by atoms with Gasteiger partial charge in [0.1, 0.15) is 11.7 Å². The van der Waals surface area contributed by atoms with Crippen LogP contribution in [0.4, 0.5) is 0 Å². The molecular formula is C22H34O4. The summed E-state index contributed by atoms with van der Waals surface area (Å²) in [6.45, 7) is 6.68. The van der Waals surface area contributed by atoms with Gasteiger partial charge in [-0.1, -0.05) is 13.8 Å². The molecule has 1 N–H and O–H groups in total. The number of ketones is 1. The van der Waals surface area contributed by atoms with Crippen LogP contribution in [0.2, 0.25) is 0 Å². The van der Waals surface area contributed by atoms with Crippen LogP contribution in [-0.2, 0) is 14.3 Å². The van der Waals surface area contributed by atoms with Gasteiger partial charge < -0.3 is 9.84 Å². The van der Waals surface area contributed by atoms with Gasteiger partial charge in [-0.15, -0.1) is 0 Å². The minimum atomic E-state index is -0.569. The lowest BCUT2D eigenvalue weighted by molar-refractivity contribution is -0.169. The summed E-state index contributed by atoms with van der Waals surface area (Å²) in [4.78, 5) is 24.7. The number of ether oxygens (including phenoxy) is 1. The normalized spacial score (nSPS) is 53.4. The number of hydrogen-bond donors (Lipinski definition) is 1. The molecule has 0 aromatic rings. The number of fused-ring (bicyclic) bond motifs is 5. The van der Waals surface area contributed by atoms with E-state index in [-0.39, 0.29) is 22.6 Å². The molecule has 4 rings (SSSR count). The number of carbonyl (C=O) groups is 2. The first kappa shape index (κ1) is 18.5. The molecule has 0 aromatic heterocycles. The largest absolute Gasteiger partial charge is 0.468 e. The van der Waals surface area contributed by atoms with Gasteiger partial charge in [-0.2, -0.15) is 0 Å². The van der Waals surface area contributed by atoms with Crippen molar-refractivity contribution in [2.75, 3.05) is 7.11 Å². The van der Waals surface area contributed by atoms with E-state index in [0.717, 1.165) is 32.1 Å². The van der Waals surface area contributed by atoms with Gasteiger partial charge in [0.15, 0.2) is 0 Å². The molecule has 146 valence electrons. The maximum absolute atomic E-state index is 12.5. The number of hydrogen-bond acceptors (Lipinski definition) is 4. The zero-order valence-corrected chi connectivity index (χ0v) is 16.7. The predicted octanol–water partition coefficient (Wildman–Crippen LogP) is 3.75. The van der Waals surface area contributed by atoms with Crippen molar-refractivity contribution in [2.45, 2.75) is 77.7 Å². The van der Waals surface area contributed by atoms with Crippen molar-refractivity contribution < 1.29 is 19.4 Å². The quantitative estimate of drug-likeness (QED) is 0.570. The van der Waals surface area contributed by atoms with Crippen LogP contribution in [0.5, 0.6) is 0 Å². The molecule has 0 radical (unpaired) electrons. The van der Waals surface area contributed by atoms with Gasteiger partial charge in [0, 0.05) is 6.42 Å². The van der Waals surface area contributed by atoms with E-state index in [9.17, 15) is 14.7 Å². The Balaban J connectivity index is 1.64. The first-order valence-electron chi connectivity index (χ1n) is 10.5. The smallest absolute Gasteiger partial charge is 0.316 e. The van der Waals surface area contributed by atoms with Crippen molar-refractivity contribution in [2.24, 2.45) is 40.4 Å². The topological polar surface area (TPSA) is 63.6 Å². The molecule has 26 heavy (non-hydrogen) atoms. The number of rotatable bonds is 1. The van der Waals surface area contributed by atoms with Gasteiger partial charge in [0.25, 0.3) is 0 Å². The SMILES string of the molecule is COC(=O)C1CC2(C)C(CCC3C2CCC2(C)C3CCC2(C)O)CC1=O. The molecule has 0 spiro atoms. The summed E-state index contributed by atoms with van der Waals surface area (Å²) in [5.74, 6) is 1.33. The van der Waals surface area contributed by atoms with Crippen LogP contribution >= 0.6 is 0 Å². The number of esters is 1.